The number of ether oxygens (including phenoxy) is 1. The van der Waals surface area contributed by atoms with Gasteiger partial charge in [0.25, 0.3) is 0 Å². The van der Waals surface area contributed by atoms with Crippen LogP contribution in [0.3, 0.4) is 0 Å². The second-order valence-electron chi connectivity index (χ2n) is 11.4. The summed E-state index contributed by atoms with van der Waals surface area (Å²) < 4.78 is 8.08. The van der Waals surface area contributed by atoms with Crippen LogP contribution in [-0.4, -0.2) is 59.7 Å². The summed E-state index contributed by atoms with van der Waals surface area (Å²) in [5, 5.41) is 3.68. The molecule has 1 aliphatic heterocycles. The lowest BCUT2D eigenvalue weighted by Crippen LogP contribution is -2.45. The fraction of sp³-hybridized carbons (Fsp3) is 0.615. The van der Waals surface area contributed by atoms with Crippen molar-refractivity contribution in [1.82, 2.24) is 19.1 Å². The van der Waals surface area contributed by atoms with Gasteiger partial charge < -0.3 is 8.97 Å². The summed E-state index contributed by atoms with van der Waals surface area (Å²) in [5.41, 5.74) is 6.81. The number of morpholine rings is 1. The van der Waals surface area contributed by atoms with Crippen molar-refractivity contribution in [2.75, 3.05) is 26.3 Å². The Balaban J connectivity index is 1.47. The van der Waals surface area contributed by atoms with Crippen LogP contribution in [0.15, 0.2) is 29.4 Å². The maximum Gasteiger partial charge on any atom is 0.163 e. The van der Waals surface area contributed by atoms with E-state index >= 15 is 0 Å². The third kappa shape index (κ3) is 4.33. The normalized spacial score (nSPS) is 23.3. The summed E-state index contributed by atoms with van der Waals surface area (Å²) in [7, 11) is -1.81. The van der Waals surface area contributed by atoms with Crippen molar-refractivity contribution in [2.24, 2.45) is 0 Å². The highest BCUT2D eigenvalue weighted by atomic mass is 32.1. The van der Waals surface area contributed by atoms with Gasteiger partial charge in [-0.25, -0.2) is 9.97 Å². The van der Waals surface area contributed by atoms with Crippen molar-refractivity contribution in [2.45, 2.75) is 76.5 Å². The third-order valence-electron chi connectivity index (χ3n) is 8.54. The van der Waals surface area contributed by atoms with E-state index in [9.17, 15) is 0 Å². The molecule has 0 amide bonds. The Hall–Kier alpha value is -1.54. The molecule has 0 aromatic carbocycles. The second kappa shape index (κ2) is 8.91. The van der Waals surface area contributed by atoms with E-state index in [0.29, 0.717) is 5.92 Å². The lowest BCUT2D eigenvalue weighted by molar-refractivity contribution is 0.00729. The van der Waals surface area contributed by atoms with E-state index in [2.05, 4.69) is 71.8 Å². The summed E-state index contributed by atoms with van der Waals surface area (Å²) in [6.07, 6.45) is 9.60. The minimum Gasteiger partial charge on any atom is -0.379 e. The van der Waals surface area contributed by atoms with E-state index in [-0.39, 0.29) is 5.04 Å². The Morgan fingerprint density at radius 1 is 1.06 bits per heavy atom. The van der Waals surface area contributed by atoms with E-state index in [0.717, 1.165) is 43.7 Å². The van der Waals surface area contributed by atoms with Crippen LogP contribution in [0.1, 0.15) is 57.9 Å². The van der Waals surface area contributed by atoms with Crippen LogP contribution >= 0.6 is 11.3 Å². The molecular weight excluding hydrogens is 444 g/mol. The van der Waals surface area contributed by atoms with Crippen LogP contribution in [0.5, 0.6) is 0 Å². The van der Waals surface area contributed by atoms with Gasteiger partial charge in [0.1, 0.15) is 5.65 Å². The predicted molar refractivity (Wildman–Crippen MR) is 141 cm³/mol. The molecule has 1 saturated carbocycles. The molecule has 0 radical (unpaired) electrons. The summed E-state index contributed by atoms with van der Waals surface area (Å²) in [5.74, 6) is 0.610. The predicted octanol–water partition coefficient (Wildman–Crippen LogP) is 6.37. The molecule has 0 atom stereocenters. The first kappa shape index (κ1) is 23.2. The summed E-state index contributed by atoms with van der Waals surface area (Å²) in [4.78, 5) is 12.5. The maximum atomic E-state index is 5.56. The Bertz CT molecular complexity index is 1090. The number of fused-ring (bicyclic) bond motifs is 1. The maximum absolute atomic E-state index is 5.56. The number of hydrogen-bond donors (Lipinski definition) is 0. The van der Waals surface area contributed by atoms with E-state index in [1.807, 2.05) is 5.51 Å². The molecule has 2 aliphatic rings. The molecule has 1 aliphatic carbocycles. The van der Waals surface area contributed by atoms with Crippen LogP contribution < -0.4 is 0 Å². The summed E-state index contributed by atoms with van der Waals surface area (Å²) >= 11 is 1.67. The van der Waals surface area contributed by atoms with Gasteiger partial charge in [-0.2, -0.15) is 0 Å². The van der Waals surface area contributed by atoms with Gasteiger partial charge in [0.2, 0.25) is 0 Å². The summed E-state index contributed by atoms with van der Waals surface area (Å²) in [6, 6.07) is 3.17. The minimum absolute atomic E-state index is 0.233. The fourth-order valence-corrected chi connectivity index (χ4v) is 7.84. The summed E-state index contributed by atoms with van der Waals surface area (Å²) in [6.45, 7) is 16.0. The zero-order chi connectivity index (χ0) is 23.2. The Kier molecular flexibility index (Phi) is 6.27. The average Bonchev–Trinajstić information content (AvgIpc) is 3.47. The highest BCUT2D eigenvalue weighted by Gasteiger charge is 2.39. The van der Waals surface area contributed by atoms with Gasteiger partial charge in [-0.15, -0.1) is 11.3 Å². The SMILES string of the molecule is CC(C)(C)[Si](C)(C)n1cc(-c2cscn2)c2cc([C@H]3CC[C@H](N4CCOCC4)CC3)cnc21. The fourth-order valence-electron chi connectivity index (χ4n) is 5.40. The number of pyridine rings is 1. The molecule has 4 heterocycles. The van der Waals surface area contributed by atoms with Crippen molar-refractivity contribution in [3.05, 3.63) is 34.9 Å². The van der Waals surface area contributed by atoms with Gasteiger partial charge in [0, 0.05) is 47.9 Å². The molecule has 0 unspecified atom stereocenters. The number of nitrogens with zero attached hydrogens (tertiary/aromatic N) is 4. The number of hydrogen-bond acceptors (Lipinski definition) is 5. The van der Waals surface area contributed by atoms with E-state index in [1.54, 1.807) is 11.3 Å². The first-order chi connectivity index (χ1) is 15.8. The van der Waals surface area contributed by atoms with Gasteiger partial charge in [0.05, 0.1) is 24.4 Å². The molecule has 3 aromatic heterocycles. The zero-order valence-electron chi connectivity index (χ0n) is 20.8. The van der Waals surface area contributed by atoms with Crippen molar-refractivity contribution >= 4 is 30.6 Å². The van der Waals surface area contributed by atoms with Crippen LogP contribution in [0, 0.1) is 0 Å². The smallest absolute Gasteiger partial charge is 0.163 e. The molecule has 3 aromatic rings. The van der Waals surface area contributed by atoms with E-state index in [4.69, 9.17) is 9.72 Å². The van der Waals surface area contributed by atoms with Gasteiger partial charge in [-0.05, 0) is 48.3 Å². The van der Waals surface area contributed by atoms with Crippen LogP contribution in [0.2, 0.25) is 18.1 Å². The molecule has 33 heavy (non-hydrogen) atoms. The monoisotopic (exact) mass is 482 g/mol. The van der Waals surface area contributed by atoms with Crippen molar-refractivity contribution in [1.29, 1.82) is 0 Å². The molecule has 2 fully saturated rings. The number of thiazole rings is 1. The highest BCUT2D eigenvalue weighted by Crippen LogP contribution is 2.42. The standard InChI is InChI=1S/C26H38N4OSSi/c1-26(2,3)33(4,5)30-16-23(24-17-32-18-28-24)22-14-20(15-27-25(22)30)19-6-8-21(9-7-19)29-10-12-31-13-11-29/h14-19,21H,6-13H2,1-5H3/t19-,21-. The molecule has 0 N–H and O–H groups in total. The van der Waals surface area contributed by atoms with Crippen molar-refractivity contribution in [3.63, 3.8) is 0 Å². The molecular formula is C26H38N4OSSi. The van der Waals surface area contributed by atoms with Crippen molar-refractivity contribution < 1.29 is 4.74 Å². The Morgan fingerprint density at radius 3 is 2.42 bits per heavy atom. The van der Waals surface area contributed by atoms with Crippen molar-refractivity contribution in [3.8, 4) is 11.3 Å². The molecule has 5 rings (SSSR count). The van der Waals surface area contributed by atoms with Crippen LogP contribution in [0.4, 0.5) is 0 Å². The van der Waals surface area contributed by atoms with Gasteiger partial charge in [0.15, 0.2) is 8.24 Å². The molecule has 1 saturated heterocycles. The topological polar surface area (TPSA) is 43.2 Å². The van der Waals surface area contributed by atoms with Crippen LogP contribution in [0.25, 0.3) is 22.3 Å². The first-order valence-electron chi connectivity index (χ1n) is 12.5. The number of rotatable bonds is 4. The molecule has 5 nitrogen and oxygen atoms in total. The Morgan fingerprint density at radius 2 is 1.79 bits per heavy atom. The third-order valence-corrected chi connectivity index (χ3v) is 14.3. The highest BCUT2D eigenvalue weighted by molar-refractivity contribution is 7.07. The molecule has 0 bridgehead atoms. The second-order valence-corrected chi connectivity index (χ2v) is 17.2. The largest absolute Gasteiger partial charge is 0.379 e. The zero-order valence-corrected chi connectivity index (χ0v) is 22.6. The minimum atomic E-state index is -1.81. The van der Waals surface area contributed by atoms with Gasteiger partial charge >= 0.3 is 0 Å². The van der Waals surface area contributed by atoms with Gasteiger partial charge in [-0.3, -0.25) is 4.90 Å². The van der Waals surface area contributed by atoms with E-state index in [1.165, 1.54) is 42.2 Å². The average molecular weight is 483 g/mol. The van der Waals surface area contributed by atoms with Crippen LogP contribution in [-0.2, 0) is 4.74 Å². The quantitative estimate of drug-likeness (QED) is 0.405. The molecule has 7 heteroatoms. The Labute approximate surface area is 203 Å². The number of aromatic nitrogens is 3. The molecule has 0 spiro atoms. The lowest BCUT2D eigenvalue weighted by Gasteiger charge is -2.39. The van der Waals surface area contributed by atoms with Gasteiger partial charge in [-0.1, -0.05) is 33.9 Å². The van der Waals surface area contributed by atoms with E-state index < -0.39 is 8.24 Å². The first-order valence-corrected chi connectivity index (χ1v) is 16.4. The molecule has 178 valence electrons. The lowest BCUT2D eigenvalue weighted by atomic mass is 9.81.